The van der Waals surface area contributed by atoms with E-state index < -0.39 is 34.2 Å². The second-order valence-corrected chi connectivity index (χ2v) is 8.65. The van der Waals surface area contributed by atoms with Gasteiger partial charge >= 0.3 is 12.1 Å². The number of benzene rings is 3. The number of carboxylic acid groups (broad SMARTS) is 1. The molecule has 1 unspecified atom stereocenters. The molecular formula is C26H22ClF3N2O3. The van der Waals surface area contributed by atoms with E-state index in [4.69, 9.17) is 16.3 Å². The molecular weight excluding hydrogens is 481 g/mol. The smallest absolute Gasteiger partial charge is 0.417 e. The van der Waals surface area contributed by atoms with Crippen molar-refractivity contribution in [2.75, 3.05) is 5.32 Å². The van der Waals surface area contributed by atoms with Gasteiger partial charge in [0.25, 0.3) is 0 Å². The molecule has 9 heteroatoms. The normalized spacial score (nSPS) is 13.1. The Morgan fingerprint density at radius 3 is 2.34 bits per heavy atom. The van der Waals surface area contributed by atoms with Gasteiger partial charge in [-0.2, -0.15) is 18.4 Å². The molecule has 0 aliphatic rings. The Labute approximate surface area is 205 Å². The maximum Gasteiger partial charge on any atom is 0.417 e. The average molecular weight is 503 g/mol. The molecule has 0 heterocycles. The van der Waals surface area contributed by atoms with Gasteiger partial charge in [0.15, 0.2) is 0 Å². The molecule has 0 amide bonds. The molecule has 1 atom stereocenters. The highest BCUT2D eigenvalue weighted by Crippen LogP contribution is 2.38. The van der Waals surface area contributed by atoms with E-state index in [2.05, 4.69) is 11.4 Å². The third-order valence-electron chi connectivity index (χ3n) is 5.67. The minimum Gasteiger partial charge on any atom is -0.479 e. The highest BCUT2D eigenvalue weighted by Gasteiger charge is 2.43. The maximum absolute atomic E-state index is 13.1. The van der Waals surface area contributed by atoms with Crippen LogP contribution < -0.4 is 10.1 Å². The molecule has 0 aliphatic carbocycles. The number of halogens is 4. The quantitative estimate of drug-likeness (QED) is 0.341. The number of anilines is 1. The second-order valence-electron chi connectivity index (χ2n) is 8.24. The number of nitriles is 1. The molecule has 0 spiro atoms. The highest BCUT2D eigenvalue weighted by molar-refractivity contribution is 6.31. The van der Waals surface area contributed by atoms with Gasteiger partial charge in [-0.05, 0) is 47.9 Å². The fourth-order valence-corrected chi connectivity index (χ4v) is 3.99. The number of nitrogens with one attached hydrogen (secondary N) is 1. The average Bonchev–Trinajstić information content (AvgIpc) is 2.78. The first kappa shape index (κ1) is 25.9. The maximum atomic E-state index is 13.1. The van der Waals surface area contributed by atoms with Crippen molar-refractivity contribution >= 4 is 23.3 Å². The van der Waals surface area contributed by atoms with Gasteiger partial charge < -0.3 is 15.2 Å². The number of carbonyl (C=O) groups is 1. The van der Waals surface area contributed by atoms with Crippen LogP contribution in [-0.2, 0) is 17.4 Å². The van der Waals surface area contributed by atoms with Crippen LogP contribution in [0.4, 0.5) is 18.9 Å². The van der Waals surface area contributed by atoms with Crippen molar-refractivity contribution in [2.45, 2.75) is 32.0 Å². The number of rotatable bonds is 8. The number of carboxylic acids is 1. The number of aliphatic carboxylic acids is 1. The zero-order valence-corrected chi connectivity index (χ0v) is 19.6. The van der Waals surface area contributed by atoms with Gasteiger partial charge in [-0.3, -0.25) is 0 Å². The number of ether oxygens (including phenoxy) is 1. The summed E-state index contributed by atoms with van der Waals surface area (Å²) in [4.78, 5) is 12.6. The van der Waals surface area contributed by atoms with Gasteiger partial charge in [0.1, 0.15) is 23.1 Å². The Morgan fingerprint density at radius 2 is 1.80 bits per heavy atom. The Kier molecular flexibility index (Phi) is 7.61. The van der Waals surface area contributed by atoms with Crippen LogP contribution in [0, 0.1) is 17.2 Å². The van der Waals surface area contributed by atoms with Crippen molar-refractivity contribution < 1.29 is 27.8 Å². The highest BCUT2D eigenvalue weighted by atomic mass is 35.5. The van der Waals surface area contributed by atoms with E-state index in [-0.39, 0.29) is 23.4 Å². The van der Waals surface area contributed by atoms with Crippen LogP contribution in [0.15, 0.2) is 66.7 Å². The third-order valence-corrected chi connectivity index (χ3v) is 5.99. The van der Waals surface area contributed by atoms with Crippen LogP contribution in [0.5, 0.6) is 11.5 Å². The summed E-state index contributed by atoms with van der Waals surface area (Å²) in [6.45, 7) is 3.34. The molecule has 0 aromatic heterocycles. The van der Waals surface area contributed by atoms with E-state index >= 15 is 0 Å². The third kappa shape index (κ3) is 5.69. The second kappa shape index (κ2) is 10.3. The summed E-state index contributed by atoms with van der Waals surface area (Å²) in [5.74, 6) is -1.00. The van der Waals surface area contributed by atoms with Gasteiger partial charge in [-0.1, -0.05) is 55.8 Å². The first-order valence-corrected chi connectivity index (χ1v) is 11.0. The van der Waals surface area contributed by atoms with Gasteiger partial charge in [-0.15, -0.1) is 0 Å². The molecule has 182 valence electrons. The summed E-state index contributed by atoms with van der Waals surface area (Å²) in [7, 11) is 0. The number of nitrogens with zero attached hydrogens (tertiary/aromatic N) is 1. The number of para-hydroxylation sites is 1. The van der Waals surface area contributed by atoms with Crippen molar-refractivity contribution in [3.8, 4) is 17.6 Å². The lowest BCUT2D eigenvalue weighted by Crippen LogP contribution is -2.53. The van der Waals surface area contributed by atoms with Gasteiger partial charge in [0, 0.05) is 12.1 Å². The molecule has 0 radical (unpaired) electrons. The molecule has 0 saturated carbocycles. The predicted octanol–water partition coefficient (Wildman–Crippen LogP) is 7.16. The molecule has 0 aliphatic heterocycles. The van der Waals surface area contributed by atoms with Crippen molar-refractivity contribution in [1.82, 2.24) is 0 Å². The fraction of sp³-hybridized carbons (Fsp3) is 0.231. The molecule has 3 aromatic carbocycles. The van der Waals surface area contributed by atoms with Gasteiger partial charge in [-0.25, -0.2) is 4.79 Å². The molecule has 0 saturated heterocycles. The largest absolute Gasteiger partial charge is 0.479 e. The van der Waals surface area contributed by atoms with Crippen LogP contribution in [-0.4, -0.2) is 16.6 Å². The van der Waals surface area contributed by atoms with Crippen LogP contribution in [0.2, 0.25) is 5.02 Å². The Hall–Kier alpha value is -3.70. The summed E-state index contributed by atoms with van der Waals surface area (Å²) in [6, 6.07) is 18.8. The lowest BCUT2D eigenvalue weighted by molar-refractivity contribution is -0.144. The molecule has 2 N–H and O–H groups in total. The molecule has 35 heavy (non-hydrogen) atoms. The molecule has 5 nitrogen and oxygen atoms in total. The zero-order valence-electron chi connectivity index (χ0n) is 18.9. The Balaban J connectivity index is 2.02. The summed E-state index contributed by atoms with van der Waals surface area (Å²) >= 11 is 5.84. The summed E-state index contributed by atoms with van der Waals surface area (Å²) in [6.07, 6.45) is -4.79. The lowest BCUT2D eigenvalue weighted by Gasteiger charge is -2.36. The zero-order chi connectivity index (χ0) is 25.8. The summed E-state index contributed by atoms with van der Waals surface area (Å²) < 4.78 is 45.1. The number of hydrogen-bond acceptors (Lipinski definition) is 4. The number of alkyl halides is 3. The molecule has 3 rings (SSSR count). The summed E-state index contributed by atoms with van der Waals surface area (Å²) in [5.41, 5.74) is -2.01. The van der Waals surface area contributed by atoms with E-state index in [0.29, 0.717) is 11.3 Å². The van der Waals surface area contributed by atoms with E-state index in [0.717, 1.165) is 18.2 Å². The van der Waals surface area contributed by atoms with E-state index in [1.165, 1.54) is 0 Å². The monoisotopic (exact) mass is 502 g/mol. The van der Waals surface area contributed by atoms with Gasteiger partial charge in [0.2, 0.25) is 0 Å². The predicted molar refractivity (Wildman–Crippen MR) is 127 cm³/mol. The van der Waals surface area contributed by atoms with E-state index in [9.17, 15) is 28.3 Å². The standard InChI is InChI=1S/C26H22ClF3N2O3/c1-16(2)25(24(33)34,32-18-11-12-21(22(27)13-18)26(28,29)30)14-17-7-6-10-23(20(17)15-31)35-19-8-4-3-5-9-19/h3-13,16,32H,14H2,1-2H3,(H,33,34). The van der Waals surface area contributed by atoms with Crippen LogP contribution in [0.25, 0.3) is 0 Å². The van der Waals surface area contributed by atoms with Crippen LogP contribution in [0.3, 0.4) is 0 Å². The first-order chi connectivity index (χ1) is 16.5. The van der Waals surface area contributed by atoms with Gasteiger partial charge in [0.05, 0.1) is 16.1 Å². The topological polar surface area (TPSA) is 82.3 Å². The minimum atomic E-state index is -4.64. The van der Waals surface area contributed by atoms with Crippen molar-refractivity contribution in [3.63, 3.8) is 0 Å². The lowest BCUT2D eigenvalue weighted by atomic mass is 9.79. The minimum absolute atomic E-state index is 0.106. The fourth-order valence-electron chi connectivity index (χ4n) is 3.70. The molecule has 0 bridgehead atoms. The first-order valence-electron chi connectivity index (χ1n) is 10.6. The van der Waals surface area contributed by atoms with Crippen molar-refractivity contribution in [3.05, 3.63) is 88.4 Å². The molecule has 0 fully saturated rings. The SMILES string of the molecule is CC(C)C(Cc1cccc(Oc2ccccc2)c1C#N)(Nc1ccc(C(F)(F)F)c(Cl)c1)C(=O)O. The van der Waals surface area contributed by atoms with Crippen molar-refractivity contribution in [1.29, 1.82) is 5.26 Å². The summed E-state index contributed by atoms with van der Waals surface area (Å²) in [5, 5.41) is 22.4. The van der Waals surface area contributed by atoms with E-state index in [1.807, 2.05) is 6.07 Å². The molecule has 3 aromatic rings. The van der Waals surface area contributed by atoms with Crippen molar-refractivity contribution in [2.24, 2.45) is 5.92 Å². The number of hydrogen-bond donors (Lipinski definition) is 2. The Morgan fingerprint density at radius 1 is 1.11 bits per heavy atom. The van der Waals surface area contributed by atoms with E-state index in [1.54, 1.807) is 56.3 Å². The van der Waals surface area contributed by atoms with Crippen LogP contribution in [0.1, 0.15) is 30.5 Å². The Bertz CT molecular complexity index is 1260. The van der Waals surface area contributed by atoms with Crippen LogP contribution >= 0.6 is 11.6 Å².